The van der Waals surface area contributed by atoms with Crippen molar-refractivity contribution in [2.24, 2.45) is 0 Å². The second-order valence-electron chi connectivity index (χ2n) is 6.42. The molecule has 1 aromatic carbocycles. The molecule has 25 heavy (non-hydrogen) atoms. The molecule has 0 N–H and O–H groups in total. The minimum absolute atomic E-state index is 0.268. The molecule has 1 aliphatic carbocycles. The van der Waals surface area contributed by atoms with Gasteiger partial charge < -0.3 is 14.4 Å². The van der Waals surface area contributed by atoms with E-state index in [1.165, 1.54) is 32.1 Å². The number of rotatable bonds is 4. The van der Waals surface area contributed by atoms with Gasteiger partial charge in [0, 0.05) is 18.8 Å². The second kappa shape index (κ2) is 7.38. The first-order valence-electron chi connectivity index (χ1n) is 8.54. The molecule has 1 aliphatic heterocycles. The van der Waals surface area contributed by atoms with E-state index in [0.29, 0.717) is 6.04 Å². The normalized spacial score (nSPS) is 16.9. The summed E-state index contributed by atoms with van der Waals surface area (Å²) in [6.45, 7) is 1.03. The van der Waals surface area contributed by atoms with Crippen LogP contribution in [0.2, 0.25) is 5.28 Å². The molecule has 0 saturated heterocycles. The smallest absolute Gasteiger partial charge is 0.231 e. The molecule has 0 bridgehead atoms. The van der Waals surface area contributed by atoms with Crippen LogP contribution in [0.15, 0.2) is 28.9 Å². The maximum atomic E-state index is 6.07. The molecule has 2 heterocycles. The summed E-state index contributed by atoms with van der Waals surface area (Å²) in [4.78, 5) is 10.9. The van der Waals surface area contributed by atoms with Crippen molar-refractivity contribution in [3.05, 3.63) is 39.7 Å². The van der Waals surface area contributed by atoms with Crippen LogP contribution >= 0.6 is 27.5 Å². The lowest BCUT2D eigenvalue weighted by atomic mass is 9.93. The molecule has 0 amide bonds. The highest BCUT2D eigenvalue weighted by atomic mass is 79.9. The Morgan fingerprint density at radius 1 is 1.16 bits per heavy atom. The Balaban J connectivity index is 1.66. The highest BCUT2D eigenvalue weighted by Gasteiger charge is 2.25. The zero-order valence-corrected chi connectivity index (χ0v) is 16.1. The summed E-state index contributed by atoms with van der Waals surface area (Å²) >= 11 is 9.66. The van der Waals surface area contributed by atoms with Crippen LogP contribution in [0.4, 0.5) is 5.82 Å². The van der Waals surface area contributed by atoms with Crippen molar-refractivity contribution in [2.75, 3.05) is 11.7 Å². The summed E-state index contributed by atoms with van der Waals surface area (Å²) in [5, 5.41) is 0.268. The van der Waals surface area contributed by atoms with Crippen LogP contribution in [0.25, 0.3) is 0 Å². The molecule has 0 spiro atoms. The molecule has 1 aromatic heterocycles. The van der Waals surface area contributed by atoms with E-state index in [9.17, 15) is 0 Å². The van der Waals surface area contributed by atoms with Crippen LogP contribution in [0.3, 0.4) is 0 Å². The average Bonchev–Trinajstić information content (AvgIpc) is 3.10. The summed E-state index contributed by atoms with van der Waals surface area (Å²) in [6, 6.07) is 6.55. The maximum Gasteiger partial charge on any atom is 0.231 e. The topological polar surface area (TPSA) is 47.5 Å². The van der Waals surface area contributed by atoms with Gasteiger partial charge in [0.2, 0.25) is 12.1 Å². The van der Waals surface area contributed by atoms with Gasteiger partial charge in [-0.3, -0.25) is 0 Å². The molecule has 1 fully saturated rings. The lowest BCUT2D eigenvalue weighted by Crippen LogP contribution is -2.37. The third kappa shape index (κ3) is 3.70. The van der Waals surface area contributed by atoms with E-state index in [-0.39, 0.29) is 12.1 Å². The Morgan fingerprint density at radius 3 is 2.80 bits per heavy atom. The molecule has 2 aliphatic rings. The van der Waals surface area contributed by atoms with Crippen LogP contribution in [0, 0.1) is 0 Å². The molecule has 7 heteroatoms. The number of fused-ring (bicyclic) bond motifs is 1. The monoisotopic (exact) mass is 423 g/mol. The number of halogens is 2. The molecule has 132 valence electrons. The number of nitrogens with zero attached hydrogens (tertiary/aromatic N) is 3. The summed E-state index contributed by atoms with van der Waals surface area (Å²) in [6.07, 6.45) is 7.86. The van der Waals surface area contributed by atoms with Crippen LogP contribution in [0.5, 0.6) is 11.5 Å². The Hall–Kier alpha value is -1.53. The molecule has 5 nitrogen and oxygen atoms in total. The fourth-order valence-electron chi connectivity index (χ4n) is 3.54. The SMILES string of the molecule is Clc1ncc(Br)c(N(Cc2ccc3c(c2)OCO3)C2CCCCC2)n1. The first-order valence-corrected chi connectivity index (χ1v) is 9.71. The molecule has 1 saturated carbocycles. The number of hydrogen-bond donors (Lipinski definition) is 0. The highest BCUT2D eigenvalue weighted by molar-refractivity contribution is 9.10. The number of benzene rings is 1. The molecule has 0 radical (unpaired) electrons. The standard InChI is InChI=1S/C18H19BrClN3O2/c19-14-9-21-18(20)22-17(14)23(13-4-2-1-3-5-13)10-12-6-7-15-16(8-12)25-11-24-15/h6-9,13H,1-5,10-11H2. The minimum Gasteiger partial charge on any atom is -0.454 e. The van der Waals surface area contributed by atoms with Gasteiger partial charge in [-0.1, -0.05) is 25.3 Å². The van der Waals surface area contributed by atoms with Crippen LogP contribution in [-0.4, -0.2) is 22.8 Å². The molecule has 2 aromatic rings. The van der Waals surface area contributed by atoms with Crippen molar-refractivity contribution in [2.45, 2.75) is 44.7 Å². The first-order chi connectivity index (χ1) is 12.2. The zero-order valence-electron chi connectivity index (χ0n) is 13.8. The fourth-order valence-corrected chi connectivity index (χ4v) is 4.09. The maximum absolute atomic E-state index is 6.07. The third-order valence-corrected chi connectivity index (χ3v) is 5.52. The minimum atomic E-state index is 0.268. The van der Waals surface area contributed by atoms with Crippen molar-refractivity contribution in [1.29, 1.82) is 0 Å². The predicted octanol–water partition coefficient (Wildman–Crippen LogP) is 4.96. The van der Waals surface area contributed by atoms with Crippen molar-refractivity contribution in [3.63, 3.8) is 0 Å². The van der Waals surface area contributed by atoms with Gasteiger partial charge in [0.15, 0.2) is 11.5 Å². The highest BCUT2D eigenvalue weighted by Crippen LogP contribution is 2.36. The van der Waals surface area contributed by atoms with Gasteiger partial charge in [0.25, 0.3) is 0 Å². The van der Waals surface area contributed by atoms with Crippen molar-refractivity contribution >= 4 is 33.3 Å². The van der Waals surface area contributed by atoms with E-state index >= 15 is 0 Å². The number of ether oxygens (including phenoxy) is 2. The number of hydrogen-bond acceptors (Lipinski definition) is 5. The van der Waals surface area contributed by atoms with Crippen LogP contribution in [-0.2, 0) is 6.54 Å². The predicted molar refractivity (Wildman–Crippen MR) is 100 cm³/mol. The van der Waals surface area contributed by atoms with E-state index in [4.69, 9.17) is 21.1 Å². The van der Waals surface area contributed by atoms with Gasteiger partial charge in [0.1, 0.15) is 5.82 Å². The van der Waals surface area contributed by atoms with E-state index in [1.807, 2.05) is 6.07 Å². The Kier molecular flexibility index (Phi) is 4.99. The molecule has 0 atom stereocenters. The molecule has 0 unspecified atom stereocenters. The van der Waals surface area contributed by atoms with Gasteiger partial charge in [-0.2, -0.15) is 4.98 Å². The molecule has 4 rings (SSSR count). The Morgan fingerprint density at radius 2 is 1.96 bits per heavy atom. The van der Waals surface area contributed by atoms with Crippen molar-refractivity contribution < 1.29 is 9.47 Å². The summed E-state index contributed by atoms with van der Waals surface area (Å²) in [5.74, 6) is 2.46. The lowest BCUT2D eigenvalue weighted by molar-refractivity contribution is 0.174. The molecular formula is C18H19BrClN3O2. The zero-order chi connectivity index (χ0) is 17.2. The van der Waals surface area contributed by atoms with E-state index in [1.54, 1.807) is 6.20 Å². The van der Waals surface area contributed by atoms with Gasteiger partial charge in [-0.05, 0) is 58.1 Å². The van der Waals surface area contributed by atoms with Crippen molar-refractivity contribution in [1.82, 2.24) is 9.97 Å². The van der Waals surface area contributed by atoms with Crippen LogP contribution < -0.4 is 14.4 Å². The Labute approximate surface area is 160 Å². The average molecular weight is 425 g/mol. The first kappa shape index (κ1) is 16.9. The van der Waals surface area contributed by atoms with Gasteiger partial charge in [0.05, 0.1) is 4.47 Å². The quantitative estimate of drug-likeness (QED) is 0.649. The summed E-state index contributed by atoms with van der Waals surface area (Å²) < 4.78 is 11.8. The van der Waals surface area contributed by atoms with Gasteiger partial charge >= 0.3 is 0 Å². The third-order valence-electron chi connectivity index (χ3n) is 4.77. The largest absolute Gasteiger partial charge is 0.454 e. The lowest BCUT2D eigenvalue weighted by Gasteiger charge is -2.36. The summed E-state index contributed by atoms with van der Waals surface area (Å²) in [7, 11) is 0. The van der Waals surface area contributed by atoms with E-state index in [0.717, 1.165) is 33.9 Å². The summed E-state index contributed by atoms with van der Waals surface area (Å²) in [5.41, 5.74) is 1.16. The second-order valence-corrected chi connectivity index (χ2v) is 7.61. The fraction of sp³-hybridized carbons (Fsp3) is 0.444. The van der Waals surface area contributed by atoms with Crippen LogP contribution in [0.1, 0.15) is 37.7 Å². The van der Waals surface area contributed by atoms with Gasteiger partial charge in [-0.25, -0.2) is 4.98 Å². The van der Waals surface area contributed by atoms with E-state index in [2.05, 4.69) is 42.9 Å². The van der Waals surface area contributed by atoms with E-state index < -0.39 is 0 Å². The van der Waals surface area contributed by atoms with Gasteiger partial charge in [-0.15, -0.1) is 0 Å². The number of anilines is 1. The Bertz CT molecular complexity index is 768. The molecular weight excluding hydrogens is 406 g/mol. The number of aromatic nitrogens is 2. The van der Waals surface area contributed by atoms with Crippen molar-refractivity contribution in [3.8, 4) is 11.5 Å².